The highest BCUT2D eigenvalue weighted by atomic mass is 14.0. The van der Waals surface area contributed by atoms with Gasteiger partial charge in [0.1, 0.15) is 0 Å². The van der Waals surface area contributed by atoms with Crippen LogP contribution in [0.4, 0.5) is 0 Å². The molecule has 0 saturated heterocycles. The van der Waals surface area contributed by atoms with Gasteiger partial charge in [-0.15, -0.1) is 0 Å². The van der Waals surface area contributed by atoms with Crippen LogP contribution >= 0.6 is 0 Å². The van der Waals surface area contributed by atoms with Gasteiger partial charge in [0.05, 0.1) is 0 Å². The molecule has 0 N–H and O–H groups in total. The van der Waals surface area contributed by atoms with Gasteiger partial charge in [0.2, 0.25) is 0 Å². The lowest BCUT2D eigenvalue weighted by molar-refractivity contribution is 0.666. The van der Waals surface area contributed by atoms with E-state index in [1.165, 1.54) is 25.7 Å². The van der Waals surface area contributed by atoms with Crippen molar-refractivity contribution in [3.05, 3.63) is 13.3 Å². The van der Waals surface area contributed by atoms with Crippen LogP contribution < -0.4 is 0 Å². The van der Waals surface area contributed by atoms with Gasteiger partial charge in [-0.3, -0.25) is 0 Å². The Bertz CT molecular complexity index is 46.0. The molecule has 0 spiro atoms. The lowest BCUT2D eigenvalue weighted by Gasteiger charge is -2.01. The maximum Gasteiger partial charge on any atom is -0.0358 e. The average molecular weight is 126 g/mol. The Morgan fingerprint density at radius 3 is 2.56 bits per heavy atom. The fraction of sp³-hybridized carbons (Fsp3) is 0.778. The van der Waals surface area contributed by atoms with E-state index >= 15 is 0 Å². The zero-order chi connectivity index (χ0) is 7.11. The normalized spacial score (nSPS) is 10.7. The van der Waals surface area contributed by atoms with E-state index in [1.54, 1.807) is 0 Å². The Morgan fingerprint density at radius 2 is 2.11 bits per heavy atom. The molecule has 0 heterocycles. The third kappa shape index (κ3) is 8.00. The molecule has 9 heavy (non-hydrogen) atoms. The molecule has 0 heteroatoms. The molecular weight excluding hydrogens is 108 g/mol. The Balaban J connectivity index is 2.75. The number of hydrogen-bond donors (Lipinski definition) is 0. The van der Waals surface area contributed by atoms with Crippen LogP contribution in [-0.4, -0.2) is 0 Å². The van der Waals surface area contributed by atoms with Crippen molar-refractivity contribution in [3.63, 3.8) is 0 Å². The fourth-order valence-electron chi connectivity index (χ4n) is 0.797. The van der Waals surface area contributed by atoms with E-state index in [4.69, 9.17) is 0 Å². The van der Waals surface area contributed by atoms with E-state index in [9.17, 15) is 0 Å². The molecule has 0 aliphatic rings. The number of hydrogen-bond acceptors (Lipinski definition) is 0. The monoisotopic (exact) mass is 126 g/mol. The second kappa shape index (κ2) is 6.12. The molecule has 0 nitrogen and oxygen atoms in total. The highest BCUT2D eigenvalue weighted by molar-refractivity contribution is 4.73. The SMILES string of the molecule is [CH2]C(C)[CH]CCCCC. The molecule has 0 aromatic carbocycles. The molecule has 0 rings (SSSR count). The second-order valence-electron chi connectivity index (χ2n) is 2.71. The molecule has 0 aliphatic heterocycles. The summed E-state index contributed by atoms with van der Waals surface area (Å²) < 4.78 is 0. The van der Waals surface area contributed by atoms with Crippen molar-refractivity contribution in [2.45, 2.75) is 39.5 Å². The Morgan fingerprint density at radius 1 is 1.44 bits per heavy atom. The van der Waals surface area contributed by atoms with Crippen molar-refractivity contribution >= 4 is 0 Å². The summed E-state index contributed by atoms with van der Waals surface area (Å²) in [5.74, 6) is 0.529. The van der Waals surface area contributed by atoms with Crippen molar-refractivity contribution in [2.24, 2.45) is 5.92 Å². The van der Waals surface area contributed by atoms with E-state index < -0.39 is 0 Å². The summed E-state index contributed by atoms with van der Waals surface area (Å²) in [6, 6.07) is 0. The predicted molar refractivity (Wildman–Crippen MR) is 43.0 cm³/mol. The highest BCUT2D eigenvalue weighted by Crippen LogP contribution is 2.06. The minimum absolute atomic E-state index is 0.529. The van der Waals surface area contributed by atoms with Crippen LogP contribution in [0.2, 0.25) is 0 Å². The van der Waals surface area contributed by atoms with Crippen molar-refractivity contribution in [3.8, 4) is 0 Å². The Kier molecular flexibility index (Phi) is 6.12. The molecule has 0 aromatic heterocycles. The number of rotatable bonds is 5. The van der Waals surface area contributed by atoms with Gasteiger partial charge in [0.25, 0.3) is 0 Å². The van der Waals surface area contributed by atoms with Gasteiger partial charge in [-0.1, -0.05) is 40.0 Å². The molecule has 2 radical (unpaired) electrons. The molecule has 1 unspecified atom stereocenters. The first kappa shape index (κ1) is 9.00. The quantitative estimate of drug-likeness (QED) is 0.496. The summed E-state index contributed by atoms with van der Waals surface area (Å²) in [4.78, 5) is 0. The molecule has 0 saturated carbocycles. The third-order valence-corrected chi connectivity index (χ3v) is 1.38. The van der Waals surface area contributed by atoms with Crippen LogP contribution in [0.15, 0.2) is 0 Å². The Hall–Kier alpha value is 0. The molecule has 0 bridgehead atoms. The van der Waals surface area contributed by atoms with Crippen LogP contribution in [0.5, 0.6) is 0 Å². The van der Waals surface area contributed by atoms with Crippen LogP contribution in [0.25, 0.3) is 0 Å². The average Bonchev–Trinajstić information content (AvgIpc) is 1.80. The predicted octanol–water partition coefficient (Wildman–Crippen LogP) is 3.24. The standard InChI is InChI=1S/C9H18/c1-4-5-6-7-8-9(2)3/h8-9H,2,4-7H2,1,3H3. The Labute approximate surface area is 59.7 Å². The first-order valence-electron chi connectivity index (χ1n) is 3.93. The summed E-state index contributed by atoms with van der Waals surface area (Å²) in [6.45, 7) is 8.24. The van der Waals surface area contributed by atoms with Gasteiger partial charge >= 0.3 is 0 Å². The van der Waals surface area contributed by atoms with Crippen LogP contribution in [-0.2, 0) is 0 Å². The van der Waals surface area contributed by atoms with E-state index in [0.29, 0.717) is 5.92 Å². The summed E-state index contributed by atoms with van der Waals surface area (Å²) in [5, 5.41) is 0. The van der Waals surface area contributed by atoms with E-state index in [2.05, 4.69) is 27.2 Å². The first-order valence-corrected chi connectivity index (χ1v) is 3.93. The third-order valence-electron chi connectivity index (χ3n) is 1.38. The first-order chi connectivity index (χ1) is 4.27. The molecule has 1 atom stereocenters. The molecule has 0 amide bonds. The fourth-order valence-corrected chi connectivity index (χ4v) is 0.797. The van der Waals surface area contributed by atoms with Gasteiger partial charge in [-0.2, -0.15) is 0 Å². The van der Waals surface area contributed by atoms with Gasteiger partial charge < -0.3 is 0 Å². The molecule has 54 valence electrons. The van der Waals surface area contributed by atoms with Crippen molar-refractivity contribution in [1.82, 2.24) is 0 Å². The molecule has 0 fully saturated rings. The van der Waals surface area contributed by atoms with Crippen molar-refractivity contribution in [2.75, 3.05) is 0 Å². The summed E-state index contributed by atoms with van der Waals surface area (Å²) in [7, 11) is 0. The van der Waals surface area contributed by atoms with Gasteiger partial charge in [0.15, 0.2) is 0 Å². The summed E-state index contributed by atoms with van der Waals surface area (Å²) >= 11 is 0. The largest absolute Gasteiger partial charge is 0.0654 e. The van der Waals surface area contributed by atoms with Gasteiger partial charge in [0, 0.05) is 0 Å². The summed E-state index contributed by atoms with van der Waals surface area (Å²) in [6.07, 6.45) is 7.56. The zero-order valence-corrected chi connectivity index (χ0v) is 6.69. The van der Waals surface area contributed by atoms with Crippen LogP contribution in [0.3, 0.4) is 0 Å². The van der Waals surface area contributed by atoms with Gasteiger partial charge in [-0.05, 0) is 18.8 Å². The molecule has 0 aliphatic carbocycles. The topological polar surface area (TPSA) is 0 Å². The molecule has 0 aromatic rings. The summed E-state index contributed by atoms with van der Waals surface area (Å²) in [5.41, 5.74) is 0. The zero-order valence-electron chi connectivity index (χ0n) is 6.69. The highest BCUT2D eigenvalue weighted by Gasteiger charge is 1.92. The minimum atomic E-state index is 0.529. The van der Waals surface area contributed by atoms with E-state index in [0.717, 1.165) is 0 Å². The lowest BCUT2D eigenvalue weighted by Crippen LogP contribution is -1.87. The second-order valence-corrected chi connectivity index (χ2v) is 2.71. The van der Waals surface area contributed by atoms with Crippen molar-refractivity contribution in [1.29, 1.82) is 0 Å². The van der Waals surface area contributed by atoms with E-state index in [-0.39, 0.29) is 0 Å². The van der Waals surface area contributed by atoms with E-state index in [1.807, 2.05) is 0 Å². The minimum Gasteiger partial charge on any atom is -0.0654 e. The number of unbranched alkanes of at least 4 members (excludes halogenated alkanes) is 3. The smallest absolute Gasteiger partial charge is 0.0358 e. The van der Waals surface area contributed by atoms with Gasteiger partial charge in [-0.25, -0.2) is 0 Å². The van der Waals surface area contributed by atoms with Crippen molar-refractivity contribution < 1.29 is 0 Å². The van der Waals surface area contributed by atoms with Crippen LogP contribution in [0, 0.1) is 19.3 Å². The lowest BCUT2D eigenvalue weighted by atomic mass is 10.1. The maximum atomic E-state index is 3.88. The maximum absolute atomic E-state index is 3.88. The van der Waals surface area contributed by atoms with Crippen LogP contribution in [0.1, 0.15) is 39.5 Å². The molecular formula is C9H18.